The summed E-state index contributed by atoms with van der Waals surface area (Å²) in [6, 6.07) is 0. The summed E-state index contributed by atoms with van der Waals surface area (Å²) in [5.74, 6) is 0. The second-order valence-electron chi connectivity index (χ2n) is 6.37. The van der Waals surface area contributed by atoms with E-state index in [4.69, 9.17) is 4.74 Å². The van der Waals surface area contributed by atoms with Crippen LogP contribution in [0.4, 0.5) is 4.79 Å². The number of likely N-dealkylation sites (tertiary alicyclic amines) is 1. The van der Waals surface area contributed by atoms with E-state index >= 15 is 0 Å². The molecule has 0 bridgehead atoms. The van der Waals surface area contributed by atoms with Crippen molar-refractivity contribution in [2.24, 2.45) is 10.7 Å². The summed E-state index contributed by atoms with van der Waals surface area (Å²) in [5.41, 5.74) is -0.247. The summed E-state index contributed by atoms with van der Waals surface area (Å²) >= 11 is 0. The van der Waals surface area contributed by atoms with E-state index in [2.05, 4.69) is 5.29 Å². The lowest BCUT2D eigenvalue weighted by atomic mass is 9.72. The number of piperidine rings is 1. The molecule has 2 saturated heterocycles. The highest BCUT2D eigenvalue weighted by Gasteiger charge is 2.47. The lowest BCUT2D eigenvalue weighted by Gasteiger charge is -2.52. The molecule has 18 heavy (non-hydrogen) atoms. The van der Waals surface area contributed by atoms with Gasteiger partial charge in [0.05, 0.1) is 5.29 Å². The van der Waals surface area contributed by atoms with Crippen molar-refractivity contribution in [2.45, 2.75) is 39.2 Å². The Hall–Kier alpha value is -1.33. The van der Waals surface area contributed by atoms with Gasteiger partial charge < -0.3 is 9.64 Å². The topological polar surface area (TPSA) is 62.2 Å². The molecule has 6 nitrogen and oxygen atoms in total. The number of ether oxygens (including phenoxy) is 1. The van der Waals surface area contributed by atoms with Gasteiger partial charge in [0.2, 0.25) is 0 Å². The van der Waals surface area contributed by atoms with Crippen LogP contribution >= 0.6 is 0 Å². The van der Waals surface area contributed by atoms with Gasteiger partial charge in [-0.3, -0.25) is 5.01 Å². The summed E-state index contributed by atoms with van der Waals surface area (Å²) in [5, 5.41) is 4.51. The lowest BCUT2D eigenvalue weighted by molar-refractivity contribution is -0.0592. The number of hydrogen-bond donors (Lipinski definition) is 0. The Morgan fingerprint density at radius 1 is 1.22 bits per heavy atom. The van der Waals surface area contributed by atoms with Gasteiger partial charge in [0.25, 0.3) is 0 Å². The maximum Gasteiger partial charge on any atom is 0.410 e. The number of carbonyl (C=O) groups is 1. The molecule has 0 aromatic heterocycles. The van der Waals surface area contributed by atoms with Crippen molar-refractivity contribution < 1.29 is 9.53 Å². The van der Waals surface area contributed by atoms with Crippen LogP contribution in [0.1, 0.15) is 33.6 Å². The minimum absolute atomic E-state index is 0.193. The highest BCUT2D eigenvalue weighted by molar-refractivity contribution is 5.69. The van der Waals surface area contributed by atoms with Crippen molar-refractivity contribution in [1.29, 1.82) is 0 Å². The van der Waals surface area contributed by atoms with E-state index in [9.17, 15) is 9.70 Å². The Kier molecular flexibility index (Phi) is 3.21. The highest BCUT2D eigenvalue weighted by Crippen LogP contribution is 2.40. The van der Waals surface area contributed by atoms with E-state index in [-0.39, 0.29) is 11.5 Å². The second-order valence-corrected chi connectivity index (χ2v) is 6.37. The first-order valence-corrected chi connectivity index (χ1v) is 6.40. The van der Waals surface area contributed by atoms with Gasteiger partial charge >= 0.3 is 6.09 Å². The van der Waals surface area contributed by atoms with Gasteiger partial charge in [-0.15, -0.1) is 4.91 Å². The molecule has 2 aliphatic rings. The molecule has 0 aromatic rings. The SMILES string of the molecule is CC(C)(C)OC(=O)N1CC2(CCN(N=O)CC2)C1. The van der Waals surface area contributed by atoms with Gasteiger partial charge in [0.15, 0.2) is 0 Å². The highest BCUT2D eigenvalue weighted by atomic mass is 16.6. The predicted octanol–water partition coefficient (Wildman–Crippen LogP) is 2.00. The third kappa shape index (κ3) is 2.73. The van der Waals surface area contributed by atoms with Crippen LogP contribution in [0, 0.1) is 10.3 Å². The van der Waals surface area contributed by atoms with Crippen molar-refractivity contribution >= 4 is 6.09 Å². The average molecular weight is 255 g/mol. The number of hydrogen-bond acceptors (Lipinski definition) is 4. The summed E-state index contributed by atoms with van der Waals surface area (Å²) < 4.78 is 5.33. The molecular weight excluding hydrogens is 234 g/mol. The minimum Gasteiger partial charge on any atom is -0.444 e. The lowest BCUT2D eigenvalue weighted by Crippen LogP contribution is -2.62. The number of rotatable bonds is 1. The van der Waals surface area contributed by atoms with Gasteiger partial charge in [-0.05, 0) is 33.6 Å². The first-order chi connectivity index (χ1) is 8.34. The normalized spacial score (nSPS) is 22.6. The van der Waals surface area contributed by atoms with E-state index in [1.807, 2.05) is 20.8 Å². The molecule has 1 amide bonds. The molecule has 2 aliphatic heterocycles. The zero-order valence-electron chi connectivity index (χ0n) is 11.3. The van der Waals surface area contributed by atoms with E-state index in [1.165, 1.54) is 0 Å². The quantitative estimate of drug-likeness (QED) is 0.672. The van der Waals surface area contributed by atoms with Crippen LogP contribution in [0.5, 0.6) is 0 Å². The van der Waals surface area contributed by atoms with Gasteiger partial charge in [-0.2, -0.15) is 0 Å². The molecule has 2 heterocycles. The Balaban J connectivity index is 1.80. The average Bonchev–Trinajstić information content (AvgIpc) is 2.23. The predicted molar refractivity (Wildman–Crippen MR) is 66.8 cm³/mol. The Morgan fingerprint density at radius 2 is 1.78 bits per heavy atom. The molecule has 0 atom stereocenters. The van der Waals surface area contributed by atoms with Crippen LogP contribution in [0.2, 0.25) is 0 Å². The molecule has 0 N–H and O–H groups in total. The minimum atomic E-state index is -0.440. The number of amides is 1. The van der Waals surface area contributed by atoms with Crippen LogP contribution in [0.25, 0.3) is 0 Å². The van der Waals surface area contributed by atoms with Crippen LogP contribution in [0.3, 0.4) is 0 Å². The number of nitrogens with zero attached hydrogens (tertiary/aromatic N) is 3. The van der Waals surface area contributed by atoms with Crippen molar-refractivity contribution in [2.75, 3.05) is 26.2 Å². The van der Waals surface area contributed by atoms with E-state index in [0.717, 1.165) is 25.9 Å². The zero-order valence-corrected chi connectivity index (χ0v) is 11.3. The maximum absolute atomic E-state index is 11.8. The van der Waals surface area contributed by atoms with Crippen LogP contribution in [-0.4, -0.2) is 47.8 Å². The van der Waals surface area contributed by atoms with Gasteiger partial charge in [0, 0.05) is 31.6 Å². The summed E-state index contributed by atoms with van der Waals surface area (Å²) in [6.07, 6.45) is 1.62. The van der Waals surface area contributed by atoms with Gasteiger partial charge in [-0.25, -0.2) is 4.79 Å². The molecule has 1 spiro atoms. The van der Waals surface area contributed by atoms with Crippen LogP contribution in [0.15, 0.2) is 5.29 Å². The molecule has 0 aromatic carbocycles. The smallest absolute Gasteiger partial charge is 0.410 e. The van der Waals surface area contributed by atoms with E-state index in [0.29, 0.717) is 13.1 Å². The monoisotopic (exact) mass is 255 g/mol. The Bertz CT molecular complexity index is 335. The summed E-state index contributed by atoms with van der Waals surface area (Å²) in [6.45, 7) is 8.50. The van der Waals surface area contributed by atoms with Crippen molar-refractivity contribution in [3.63, 3.8) is 0 Å². The fraction of sp³-hybridized carbons (Fsp3) is 0.917. The molecule has 2 rings (SSSR count). The fourth-order valence-corrected chi connectivity index (χ4v) is 2.59. The summed E-state index contributed by atoms with van der Waals surface area (Å²) in [4.78, 5) is 24.0. The van der Waals surface area contributed by atoms with Gasteiger partial charge in [0.1, 0.15) is 5.60 Å². The van der Waals surface area contributed by atoms with E-state index < -0.39 is 5.60 Å². The Labute approximate surface area is 107 Å². The number of nitroso groups, excluding NO2 is 1. The van der Waals surface area contributed by atoms with Crippen LogP contribution < -0.4 is 0 Å². The third-order valence-electron chi connectivity index (χ3n) is 3.62. The second kappa shape index (κ2) is 4.40. The molecule has 0 unspecified atom stereocenters. The summed E-state index contributed by atoms with van der Waals surface area (Å²) in [7, 11) is 0. The molecule has 102 valence electrons. The Morgan fingerprint density at radius 3 is 2.22 bits per heavy atom. The van der Waals surface area contributed by atoms with E-state index in [1.54, 1.807) is 9.91 Å². The maximum atomic E-state index is 11.8. The standard InChI is InChI=1S/C12H21N3O3/c1-11(2,3)18-10(16)14-8-12(9-14)4-6-15(13-17)7-5-12/h4-9H2,1-3H3. The zero-order chi connectivity index (χ0) is 13.4. The molecular formula is C12H21N3O3. The molecule has 2 fully saturated rings. The first kappa shape index (κ1) is 13.1. The van der Waals surface area contributed by atoms with Crippen LogP contribution in [-0.2, 0) is 4.74 Å². The van der Waals surface area contributed by atoms with Crippen molar-refractivity contribution in [1.82, 2.24) is 9.91 Å². The fourth-order valence-electron chi connectivity index (χ4n) is 2.59. The third-order valence-corrected chi connectivity index (χ3v) is 3.62. The molecule has 0 aliphatic carbocycles. The molecule has 6 heteroatoms. The van der Waals surface area contributed by atoms with Crippen molar-refractivity contribution in [3.8, 4) is 0 Å². The van der Waals surface area contributed by atoms with Gasteiger partial charge in [-0.1, -0.05) is 0 Å². The first-order valence-electron chi connectivity index (χ1n) is 6.40. The number of carbonyl (C=O) groups excluding carboxylic acids is 1. The van der Waals surface area contributed by atoms with Crippen molar-refractivity contribution in [3.05, 3.63) is 4.91 Å². The molecule has 0 saturated carbocycles. The molecule has 0 radical (unpaired) electrons. The largest absolute Gasteiger partial charge is 0.444 e.